The molecule has 542 valence electrons. The number of ketones is 1. The Morgan fingerprint density at radius 1 is 0.633 bits per heavy atom. The third kappa shape index (κ3) is 19.1. The highest BCUT2D eigenvalue weighted by molar-refractivity contribution is 7.52. The van der Waals surface area contributed by atoms with Crippen LogP contribution in [-0.4, -0.2) is 187 Å². The zero-order valence-electron chi connectivity index (χ0n) is 53.6. The summed E-state index contributed by atoms with van der Waals surface area (Å²) in [6.45, 7) is 9.28. The molecule has 6 heterocycles. The number of esters is 3. The van der Waals surface area contributed by atoms with Crippen molar-refractivity contribution in [3.8, 4) is 11.5 Å². The second-order valence-electron chi connectivity index (χ2n) is 23.5. The summed E-state index contributed by atoms with van der Waals surface area (Å²) in [5, 5.41) is 66.6. The number of hydrogen-bond donors (Lipinski definition) is 10. The fraction of sp³-hybridized carbons (Fsp3) is 0.526. The maximum absolute atomic E-state index is 16.5. The minimum absolute atomic E-state index is 0.0277. The van der Waals surface area contributed by atoms with Crippen molar-refractivity contribution in [2.75, 3.05) is 19.8 Å². The standard InChI is InChI=1S/C24H30ClFN3O11P.C22H28ClFN3O10P.C11H14FNO6/c1-13(2)37-19(32)14(3)28-41(35,40-17-8-6-16(25)7-9-17)36-12-24(26)20(38-15(4)30)23(5,34)21(39-24)29-11-10-18(31)27-22(29)33;1-12(2)35-17(29)13(3)26-38(33,37-15-7-5-14(23)6-8-15)34-11-22(24)18(30)21(4,32)19(36-22)27-10-9-16(28)25-20(27)31;1-10(18)8(17)11(12,5-14)19-9(10)13-3-2-6(15)4-7(13)16/h6-11,13-14,20-21,34H,12H2,1-5H3,(H,28,35)(H,27,31,33);5-10,12-13,18-19,30,32H,11H2,1-4H3,(H,26,33)(H,25,28,31);2-3,8-9,14,17-18H,4-5H2,1H3/t14-,20-,21+,23+,24+,41?;13-,18-,19+,21+,22+,38?;8-,9+,10+,11+/m000/s1. The predicted molar refractivity (Wildman–Crippen MR) is 330 cm³/mol. The molecule has 10 N–H and O–H groups in total. The van der Waals surface area contributed by atoms with Gasteiger partial charge in [0.15, 0.2) is 30.6 Å². The second kappa shape index (κ2) is 31.3. The van der Waals surface area contributed by atoms with Gasteiger partial charge in [-0.2, -0.15) is 10.2 Å². The Bertz CT molecular complexity index is 3940. The highest BCUT2D eigenvalue weighted by atomic mass is 35.5. The van der Waals surface area contributed by atoms with Crippen molar-refractivity contribution in [1.29, 1.82) is 0 Å². The van der Waals surface area contributed by atoms with E-state index < -0.39 is 189 Å². The molecule has 0 spiro atoms. The van der Waals surface area contributed by atoms with Crippen LogP contribution >= 0.6 is 38.7 Å². The van der Waals surface area contributed by atoms with Crippen molar-refractivity contribution in [3.63, 3.8) is 0 Å². The molecule has 4 aromatic rings. The molecule has 16 atom stereocenters. The third-order valence-corrected chi connectivity index (χ3v) is 18.1. The van der Waals surface area contributed by atoms with E-state index in [4.69, 9.17) is 74.8 Å². The zero-order chi connectivity index (χ0) is 73.6. The summed E-state index contributed by atoms with van der Waals surface area (Å²) in [6.07, 6.45) is -9.10. The number of aromatic nitrogens is 4. The number of alkyl halides is 3. The number of allylic oxidation sites excluding steroid dienone is 1. The van der Waals surface area contributed by atoms with Gasteiger partial charge in [0.05, 0.1) is 18.6 Å². The van der Waals surface area contributed by atoms with E-state index in [0.717, 1.165) is 69.4 Å². The lowest BCUT2D eigenvalue weighted by atomic mass is 9.94. The maximum atomic E-state index is 16.5. The van der Waals surface area contributed by atoms with Crippen molar-refractivity contribution < 1.29 is 123 Å². The van der Waals surface area contributed by atoms with Crippen LogP contribution in [0.25, 0.3) is 0 Å². The minimum Gasteiger partial charge on any atom is -0.462 e. The van der Waals surface area contributed by atoms with Crippen LogP contribution in [0.5, 0.6) is 11.5 Å². The van der Waals surface area contributed by atoms with Gasteiger partial charge in [0.1, 0.15) is 72.4 Å². The van der Waals surface area contributed by atoms with Gasteiger partial charge in [0, 0.05) is 47.7 Å². The van der Waals surface area contributed by atoms with Crippen LogP contribution in [-0.2, 0) is 70.6 Å². The lowest BCUT2D eigenvalue weighted by molar-refractivity contribution is -0.214. The lowest BCUT2D eigenvalue weighted by Gasteiger charge is -2.34. The number of aliphatic hydroxyl groups excluding tert-OH is 3. The average Bonchev–Trinajstić information content (AvgIpc) is 1.60. The molecule has 0 aliphatic carbocycles. The second-order valence-corrected chi connectivity index (χ2v) is 27.8. The summed E-state index contributed by atoms with van der Waals surface area (Å²) < 4.78 is 127. The van der Waals surface area contributed by atoms with Gasteiger partial charge in [0.2, 0.25) is 5.91 Å². The molecular weight excluding hydrogens is 1400 g/mol. The number of nitrogens with one attached hydrogen (secondary N) is 4. The number of carbonyl (C=O) groups excluding carboxylic acids is 5. The first-order valence-corrected chi connectivity index (χ1v) is 33.0. The normalized spacial score (nSPS) is 30.1. The number of aliphatic hydroxyl groups is 6. The highest BCUT2D eigenvalue weighted by Gasteiger charge is 2.68. The molecule has 2 unspecified atom stereocenters. The third-order valence-electron chi connectivity index (χ3n) is 14.3. The van der Waals surface area contributed by atoms with Crippen LogP contribution in [0, 0.1) is 0 Å². The Balaban J connectivity index is 0.000000246. The van der Waals surface area contributed by atoms with Crippen molar-refractivity contribution in [2.24, 2.45) is 0 Å². The van der Waals surface area contributed by atoms with Gasteiger partial charge in [0.25, 0.3) is 28.7 Å². The first kappa shape index (κ1) is 80.0. The molecule has 2 aromatic carbocycles. The number of rotatable bonds is 23. The number of aromatic amines is 2. The van der Waals surface area contributed by atoms with E-state index >= 15 is 8.78 Å². The van der Waals surface area contributed by atoms with Gasteiger partial charge >= 0.3 is 44.8 Å². The van der Waals surface area contributed by atoms with E-state index in [2.05, 4.69) is 10.2 Å². The van der Waals surface area contributed by atoms with E-state index in [1.54, 1.807) is 27.7 Å². The van der Waals surface area contributed by atoms with E-state index in [-0.39, 0.29) is 11.5 Å². The Hall–Kier alpha value is -7.00. The van der Waals surface area contributed by atoms with Crippen molar-refractivity contribution in [2.45, 2.75) is 171 Å². The summed E-state index contributed by atoms with van der Waals surface area (Å²) in [5.41, 5.74) is -10.6. The number of ether oxygens (including phenoxy) is 6. The summed E-state index contributed by atoms with van der Waals surface area (Å²) in [4.78, 5) is 111. The Morgan fingerprint density at radius 2 is 1.02 bits per heavy atom. The molecule has 41 heteroatoms. The molecule has 8 rings (SSSR count). The van der Waals surface area contributed by atoms with Crippen LogP contribution in [0.2, 0.25) is 10.0 Å². The van der Waals surface area contributed by atoms with Crippen LogP contribution in [0.1, 0.15) is 88.1 Å². The molecule has 4 aliphatic rings. The number of halogens is 5. The molecule has 1 amide bonds. The minimum atomic E-state index is -4.67. The molecule has 0 radical (unpaired) electrons. The molecule has 0 saturated carbocycles. The van der Waals surface area contributed by atoms with Crippen molar-refractivity contribution in [1.82, 2.24) is 34.2 Å². The summed E-state index contributed by atoms with van der Waals surface area (Å²) >= 11 is 11.7. The highest BCUT2D eigenvalue weighted by Crippen LogP contribution is 2.53. The largest absolute Gasteiger partial charge is 0.462 e. The molecule has 34 nitrogen and oxygen atoms in total. The number of carbonyl (C=O) groups is 5. The van der Waals surface area contributed by atoms with Gasteiger partial charge in [-0.15, -0.1) is 0 Å². The number of amides is 1. The molecule has 3 fully saturated rings. The first-order valence-electron chi connectivity index (χ1n) is 29.2. The quantitative estimate of drug-likeness (QED) is 0.0220. The van der Waals surface area contributed by atoms with Crippen LogP contribution in [0.15, 0.2) is 105 Å². The van der Waals surface area contributed by atoms with Crippen LogP contribution in [0.4, 0.5) is 13.2 Å². The number of H-pyrrole nitrogens is 2. The molecule has 4 aliphatic heterocycles. The monoisotopic (exact) mass is 1480 g/mol. The maximum Gasteiger partial charge on any atom is 0.459 e. The summed E-state index contributed by atoms with van der Waals surface area (Å²) in [5.74, 6) is -13.2. The van der Waals surface area contributed by atoms with Gasteiger partial charge in [-0.3, -0.25) is 66.6 Å². The Kier molecular flexibility index (Phi) is 25.5. The zero-order valence-corrected chi connectivity index (χ0v) is 56.9. The number of hydrogen-bond acceptors (Lipinski definition) is 27. The van der Waals surface area contributed by atoms with Gasteiger partial charge in [-0.1, -0.05) is 23.2 Å². The summed E-state index contributed by atoms with van der Waals surface area (Å²) in [7, 11) is -9.27. The number of benzene rings is 2. The van der Waals surface area contributed by atoms with Crippen molar-refractivity contribution in [3.05, 3.63) is 137 Å². The van der Waals surface area contributed by atoms with Crippen LogP contribution < -0.4 is 41.7 Å². The average molecular weight is 1480 g/mol. The lowest BCUT2D eigenvalue weighted by Crippen LogP contribution is -2.54. The van der Waals surface area contributed by atoms with E-state index in [1.165, 1.54) is 62.4 Å². The fourth-order valence-electron chi connectivity index (χ4n) is 9.57. The van der Waals surface area contributed by atoms with Gasteiger partial charge in [-0.05, 0) is 117 Å². The van der Waals surface area contributed by atoms with Gasteiger partial charge < -0.3 is 68.1 Å². The molecule has 2 aromatic heterocycles. The predicted octanol–water partition coefficient (Wildman–Crippen LogP) is 2.26. The van der Waals surface area contributed by atoms with E-state index in [9.17, 15) is 82.2 Å². The van der Waals surface area contributed by atoms with E-state index in [1.807, 2.05) is 9.97 Å². The fourth-order valence-corrected chi connectivity index (χ4v) is 12.8. The number of nitrogens with zero attached hydrogens (tertiary/aromatic N) is 3. The molecule has 0 bridgehead atoms. The topological polar surface area (TPSA) is 470 Å². The smallest absolute Gasteiger partial charge is 0.459 e. The van der Waals surface area contributed by atoms with Crippen LogP contribution in [0.3, 0.4) is 0 Å². The SMILES string of the molecule is CC(=O)O[C@H]1[C@@](C)(O)[C@H](n2ccc(=O)[nH]c2=O)O[C@]1(F)COP(=O)(N[C@@H](C)C(=O)OC(C)C)Oc1ccc(Cl)cc1.CC(C)OC(=O)[C@H](C)NP(=O)(OC[C@@]1(F)O[C@@H](n2ccc(=O)[nH]c2=O)[C@](C)(O)[C@@H]1O)Oc1ccc(Cl)cc1.C[C@]1(O)[C@H](N2C=CC(=O)CC2=O)O[C@](F)(CO)[C@H]1O. The Morgan fingerprint density at radius 3 is 1.41 bits per heavy atom. The van der Waals surface area contributed by atoms with E-state index in [0.29, 0.717) is 19.2 Å². The Labute approximate surface area is 563 Å². The molecule has 3 saturated heterocycles. The van der Waals surface area contributed by atoms with Crippen molar-refractivity contribution >= 4 is 68.3 Å². The first-order chi connectivity index (χ1) is 45.2. The summed E-state index contributed by atoms with van der Waals surface area (Å²) in [6, 6.07) is 10.3. The molecular formula is C57H72Cl2F3N7O27P2. The van der Waals surface area contributed by atoms with Gasteiger partial charge in [-0.25, -0.2) is 31.9 Å². The molecule has 98 heavy (non-hydrogen) atoms.